The minimum atomic E-state index is -0.104. The number of nitrogens with zero attached hydrogens (tertiary/aromatic N) is 2. The van der Waals surface area contributed by atoms with E-state index in [-0.39, 0.29) is 11.5 Å². The normalized spacial score (nSPS) is 20.2. The quantitative estimate of drug-likeness (QED) is 0.867. The first-order chi connectivity index (χ1) is 9.60. The van der Waals surface area contributed by atoms with Gasteiger partial charge in [-0.05, 0) is 30.7 Å². The third-order valence-electron chi connectivity index (χ3n) is 4.47. The molecule has 1 aromatic heterocycles. The Balaban J connectivity index is 2.08. The standard InChI is InChI=1S/C15H27N3O2/c1-11(2)13(19-3)14-17-12(20-18-14)9-15(10-16)7-5-4-6-8-15/h11,13H,4-10,16H2,1-3H3. The summed E-state index contributed by atoms with van der Waals surface area (Å²) < 4.78 is 10.9. The molecule has 1 aliphatic carbocycles. The smallest absolute Gasteiger partial charge is 0.227 e. The molecule has 5 nitrogen and oxygen atoms in total. The molecule has 1 atom stereocenters. The van der Waals surface area contributed by atoms with Crippen LogP contribution in [0.1, 0.15) is 63.8 Å². The second-order valence-electron chi connectivity index (χ2n) is 6.39. The summed E-state index contributed by atoms with van der Waals surface area (Å²) in [5.74, 6) is 1.68. The van der Waals surface area contributed by atoms with Gasteiger partial charge in [-0.15, -0.1) is 0 Å². The molecule has 0 amide bonds. The molecule has 0 spiro atoms. The lowest BCUT2D eigenvalue weighted by atomic mass is 9.72. The SMILES string of the molecule is COC(c1noc(CC2(CN)CCCCC2)n1)C(C)C. The van der Waals surface area contributed by atoms with Gasteiger partial charge in [-0.25, -0.2) is 0 Å². The number of hydrogen-bond acceptors (Lipinski definition) is 5. The van der Waals surface area contributed by atoms with Crippen molar-refractivity contribution in [3.05, 3.63) is 11.7 Å². The van der Waals surface area contributed by atoms with Gasteiger partial charge in [0.1, 0.15) is 6.10 Å². The fourth-order valence-corrected chi connectivity index (χ4v) is 3.21. The highest BCUT2D eigenvalue weighted by molar-refractivity contribution is 4.97. The Hall–Kier alpha value is -0.940. The Kier molecular flexibility index (Phi) is 5.16. The van der Waals surface area contributed by atoms with Crippen molar-refractivity contribution in [2.75, 3.05) is 13.7 Å². The van der Waals surface area contributed by atoms with Crippen LogP contribution in [-0.2, 0) is 11.2 Å². The van der Waals surface area contributed by atoms with Gasteiger partial charge >= 0.3 is 0 Å². The fraction of sp³-hybridized carbons (Fsp3) is 0.867. The van der Waals surface area contributed by atoms with Gasteiger partial charge in [0.25, 0.3) is 0 Å². The highest BCUT2D eigenvalue weighted by Crippen LogP contribution is 2.38. The second kappa shape index (κ2) is 6.68. The highest BCUT2D eigenvalue weighted by atomic mass is 16.5. The maximum absolute atomic E-state index is 6.01. The molecule has 0 saturated heterocycles. The van der Waals surface area contributed by atoms with Crippen LogP contribution in [0.3, 0.4) is 0 Å². The molecule has 5 heteroatoms. The van der Waals surface area contributed by atoms with E-state index >= 15 is 0 Å². The predicted octanol–water partition coefficient (Wildman–Crippen LogP) is 2.86. The van der Waals surface area contributed by atoms with E-state index in [0.29, 0.717) is 24.2 Å². The average molecular weight is 281 g/mol. The van der Waals surface area contributed by atoms with E-state index in [1.54, 1.807) is 7.11 Å². The van der Waals surface area contributed by atoms with Crippen molar-refractivity contribution in [2.45, 2.75) is 58.5 Å². The van der Waals surface area contributed by atoms with E-state index < -0.39 is 0 Å². The summed E-state index contributed by atoms with van der Waals surface area (Å²) in [6.07, 6.45) is 6.85. The molecular weight excluding hydrogens is 254 g/mol. The monoisotopic (exact) mass is 281 g/mol. The Morgan fingerprint density at radius 1 is 1.30 bits per heavy atom. The van der Waals surface area contributed by atoms with Gasteiger partial charge in [-0.2, -0.15) is 4.98 Å². The first kappa shape index (κ1) is 15.4. The summed E-state index contributed by atoms with van der Waals surface area (Å²) in [5.41, 5.74) is 6.17. The van der Waals surface area contributed by atoms with Gasteiger partial charge in [-0.1, -0.05) is 38.3 Å². The van der Waals surface area contributed by atoms with Crippen LogP contribution in [0.25, 0.3) is 0 Å². The third-order valence-corrected chi connectivity index (χ3v) is 4.47. The van der Waals surface area contributed by atoms with E-state index in [2.05, 4.69) is 24.0 Å². The molecule has 20 heavy (non-hydrogen) atoms. The number of ether oxygens (including phenoxy) is 1. The minimum absolute atomic E-state index is 0.104. The van der Waals surface area contributed by atoms with Crippen molar-refractivity contribution in [1.82, 2.24) is 10.1 Å². The fourth-order valence-electron chi connectivity index (χ4n) is 3.21. The van der Waals surface area contributed by atoms with Crippen LogP contribution in [0.4, 0.5) is 0 Å². The van der Waals surface area contributed by atoms with Crippen LogP contribution in [0.2, 0.25) is 0 Å². The first-order valence-electron chi connectivity index (χ1n) is 7.65. The second-order valence-corrected chi connectivity index (χ2v) is 6.39. The zero-order valence-corrected chi connectivity index (χ0v) is 12.9. The van der Waals surface area contributed by atoms with Crippen LogP contribution in [0.15, 0.2) is 4.52 Å². The Morgan fingerprint density at radius 3 is 2.55 bits per heavy atom. The lowest BCUT2D eigenvalue weighted by Gasteiger charge is -2.34. The molecule has 1 aromatic rings. The van der Waals surface area contributed by atoms with Crippen molar-refractivity contribution in [2.24, 2.45) is 17.1 Å². The van der Waals surface area contributed by atoms with Crippen LogP contribution in [0.5, 0.6) is 0 Å². The van der Waals surface area contributed by atoms with Crippen LogP contribution >= 0.6 is 0 Å². The molecule has 2 rings (SSSR count). The molecule has 1 unspecified atom stereocenters. The van der Waals surface area contributed by atoms with Gasteiger partial charge in [0.15, 0.2) is 0 Å². The summed E-state index contributed by atoms with van der Waals surface area (Å²) in [6, 6.07) is 0. The van der Waals surface area contributed by atoms with Crippen LogP contribution in [0, 0.1) is 11.3 Å². The van der Waals surface area contributed by atoms with Gasteiger partial charge < -0.3 is 15.0 Å². The molecule has 2 N–H and O–H groups in total. The molecule has 0 bridgehead atoms. The van der Waals surface area contributed by atoms with E-state index in [0.717, 1.165) is 6.42 Å². The van der Waals surface area contributed by atoms with Gasteiger partial charge in [-0.3, -0.25) is 0 Å². The topological polar surface area (TPSA) is 74.2 Å². The Morgan fingerprint density at radius 2 is 2.00 bits per heavy atom. The van der Waals surface area contributed by atoms with Crippen LogP contribution in [-0.4, -0.2) is 23.8 Å². The number of aromatic nitrogens is 2. The van der Waals surface area contributed by atoms with Crippen molar-refractivity contribution < 1.29 is 9.26 Å². The van der Waals surface area contributed by atoms with E-state index in [9.17, 15) is 0 Å². The van der Waals surface area contributed by atoms with E-state index in [1.807, 2.05) is 0 Å². The summed E-state index contributed by atoms with van der Waals surface area (Å²) in [5, 5.41) is 4.09. The molecule has 114 valence electrons. The van der Waals surface area contributed by atoms with E-state index in [4.69, 9.17) is 15.0 Å². The number of nitrogens with two attached hydrogens (primary N) is 1. The van der Waals surface area contributed by atoms with Gasteiger partial charge in [0.2, 0.25) is 11.7 Å². The van der Waals surface area contributed by atoms with Crippen molar-refractivity contribution in [3.8, 4) is 0 Å². The van der Waals surface area contributed by atoms with Gasteiger partial charge in [0.05, 0.1) is 0 Å². The Labute approximate surface area is 121 Å². The van der Waals surface area contributed by atoms with Gasteiger partial charge in [0, 0.05) is 13.5 Å². The molecule has 1 heterocycles. The average Bonchev–Trinajstić information content (AvgIpc) is 2.88. The third kappa shape index (κ3) is 3.38. The van der Waals surface area contributed by atoms with Crippen LogP contribution < -0.4 is 5.73 Å². The lowest BCUT2D eigenvalue weighted by molar-refractivity contribution is 0.0555. The maximum Gasteiger partial charge on any atom is 0.227 e. The summed E-state index contributed by atoms with van der Waals surface area (Å²) in [6.45, 7) is 4.88. The number of rotatable bonds is 6. The Bertz CT molecular complexity index is 411. The highest BCUT2D eigenvalue weighted by Gasteiger charge is 2.33. The minimum Gasteiger partial charge on any atom is -0.373 e. The maximum atomic E-state index is 6.01. The summed E-state index contributed by atoms with van der Waals surface area (Å²) in [4.78, 5) is 4.53. The largest absolute Gasteiger partial charge is 0.373 e. The first-order valence-corrected chi connectivity index (χ1v) is 7.65. The predicted molar refractivity (Wildman–Crippen MR) is 77.2 cm³/mol. The van der Waals surface area contributed by atoms with Crippen molar-refractivity contribution >= 4 is 0 Å². The lowest BCUT2D eigenvalue weighted by Crippen LogP contribution is -2.35. The van der Waals surface area contributed by atoms with E-state index in [1.165, 1.54) is 32.1 Å². The molecule has 1 aliphatic rings. The molecule has 1 fully saturated rings. The number of methoxy groups -OCH3 is 1. The summed E-state index contributed by atoms with van der Waals surface area (Å²) in [7, 11) is 1.68. The number of hydrogen-bond donors (Lipinski definition) is 1. The molecule has 1 saturated carbocycles. The summed E-state index contributed by atoms with van der Waals surface area (Å²) >= 11 is 0. The molecular formula is C15H27N3O2. The van der Waals surface area contributed by atoms with Crippen molar-refractivity contribution in [1.29, 1.82) is 0 Å². The zero-order chi connectivity index (χ0) is 14.6. The zero-order valence-electron chi connectivity index (χ0n) is 12.9. The molecule has 0 radical (unpaired) electrons. The molecule has 0 aromatic carbocycles. The molecule has 0 aliphatic heterocycles. The van der Waals surface area contributed by atoms with Crippen molar-refractivity contribution in [3.63, 3.8) is 0 Å².